The van der Waals surface area contributed by atoms with Crippen LogP contribution in [-0.2, 0) is 0 Å². The van der Waals surface area contributed by atoms with Gasteiger partial charge in [-0.05, 0) is 50.6 Å². The number of nitrogens with one attached hydrogen (secondary N) is 1. The van der Waals surface area contributed by atoms with E-state index in [0.717, 1.165) is 31.2 Å². The first-order valence-electron chi connectivity index (χ1n) is 8.19. The van der Waals surface area contributed by atoms with E-state index in [9.17, 15) is 0 Å². The SMILES string of the molecule is CC(C)[N+]1=C(CN2CCCCSc3ccc(Cl)cc32)NCC1. The van der Waals surface area contributed by atoms with Gasteiger partial charge >= 0.3 is 0 Å². The molecule has 0 saturated carbocycles. The lowest BCUT2D eigenvalue weighted by atomic mass is 10.2. The molecule has 1 aromatic rings. The third-order valence-corrected chi connectivity index (χ3v) is 5.72. The van der Waals surface area contributed by atoms with Crippen LogP contribution >= 0.6 is 23.4 Å². The summed E-state index contributed by atoms with van der Waals surface area (Å²) in [5, 5.41) is 4.41. The topological polar surface area (TPSA) is 18.3 Å². The van der Waals surface area contributed by atoms with Crippen molar-refractivity contribution in [2.24, 2.45) is 0 Å². The molecule has 1 aromatic carbocycles. The van der Waals surface area contributed by atoms with Crippen LogP contribution in [0.1, 0.15) is 26.7 Å². The molecule has 0 spiro atoms. The second kappa shape index (κ2) is 7.14. The number of hydrogen-bond acceptors (Lipinski definition) is 3. The smallest absolute Gasteiger partial charge is 0.265 e. The average Bonchev–Trinajstić information content (AvgIpc) is 2.93. The van der Waals surface area contributed by atoms with Crippen LogP contribution < -0.4 is 10.2 Å². The molecule has 1 N–H and O–H groups in total. The molecule has 5 heteroatoms. The summed E-state index contributed by atoms with van der Waals surface area (Å²) >= 11 is 8.22. The highest BCUT2D eigenvalue weighted by molar-refractivity contribution is 7.99. The molecule has 2 heterocycles. The van der Waals surface area contributed by atoms with Gasteiger partial charge in [0, 0.05) is 16.5 Å². The summed E-state index contributed by atoms with van der Waals surface area (Å²) in [4.78, 5) is 3.86. The maximum atomic E-state index is 6.26. The third-order valence-electron chi connectivity index (χ3n) is 4.33. The highest BCUT2D eigenvalue weighted by Crippen LogP contribution is 2.35. The third kappa shape index (κ3) is 3.54. The number of fused-ring (bicyclic) bond motifs is 1. The van der Waals surface area contributed by atoms with Crippen molar-refractivity contribution in [3.8, 4) is 0 Å². The second-order valence-electron chi connectivity index (χ2n) is 6.25. The number of rotatable bonds is 3. The van der Waals surface area contributed by atoms with E-state index in [0.29, 0.717) is 6.04 Å². The van der Waals surface area contributed by atoms with E-state index in [1.807, 2.05) is 17.8 Å². The number of amidine groups is 1. The van der Waals surface area contributed by atoms with Gasteiger partial charge in [-0.15, -0.1) is 11.8 Å². The normalized spacial score (nSPS) is 19.0. The molecule has 0 saturated heterocycles. The van der Waals surface area contributed by atoms with Gasteiger partial charge < -0.3 is 4.90 Å². The summed E-state index contributed by atoms with van der Waals surface area (Å²) in [5.74, 6) is 2.56. The van der Waals surface area contributed by atoms with Gasteiger partial charge in [-0.1, -0.05) is 11.6 Å². The molecular formula is C17H25ClN3S+. The fourth-order valence-corrected chi connectivity index (χ4v) is 4.42. The van der Waals surface area contributed by atoms with E-state index in [1.54, 1.807) is 0 Å². The molecule has 2 aliphatic rings. The largest absolute Gasteiger partial charge is 0.359 e. The predicted octanol–water partition coefficient (Wildman–Crippen LogP) is 3.45. The Morgan fingerprint density at radius 1 is 1.36 bits per heavy atom. The van der Waals surface area contributed by atoms with Crippen molar-refractivity contribution in [1.82, 2.24) is 5.32 Å². The minimum absolute atomic E-state index is 0.549. The van der Waals surface area contributed by atoms with Crippen molar-refractivity contribution in [2.75, 3.05) is 36.8 Å². The molecule has 0 aromatic heterocycles. The molecule has 0 bridgehead atoms. The van der Waals surface area contributed by atoms with Gasteiger partial charge in [0.25, 0.3) is 5.84 Å². The summed E-state index contributed by atoms with van der Waals surface area (Å²) in [6.45, 7) is 8.75. The van der Waals surface area contributed by atoms with Crippen LogP contribution in [0.15, 0.2) is 23.1 Å². The van der Waals surface area contributed by atoms with E-state index in [2.05, 4.69) is 40.8 Å². The van der Waals surface area contributed by atoms with Crippen molar-refractivity contribution in [3.63, 3.8) is 0 Å². The Kier molecular flexibility index (Phi) is 5.19. The van der Waals surface area contributed by atoms with Crippen molar-refractivity contribution < 1.29 is 4.58 Å². The molecule has 3 nitrogen and oxygen atoms in total. The Labute approximate surface area is 142 Å². The van der Waals surface area contributed by atoms with E-state index in [1.165, 1.54) is 35.0 Å². The zero-order valence-electron chi connectivity index (χ0n) is 13.4. The maximum absolute atomic E-state index is 6.26. The van der Waals surface area contributed by atoms with Crippen LogP contribution in [0, 0.1) is 0 Å². The number of hydrogen-bond donors (Lipinski definition) is 1. The van der Waals surface area contributed by atoms with Crippen LogP contribution in [-0.4, -0.2) is 48.4 Å². The zero-order chi connectivity index (χ0) is 15.5. The van der Waals surface area contributed by atoms with Crippen LogP contribution in [0.5, 0.6) is 0 Å². The van der Waals surface area contributed by atoms with E-state index in [-0.39, 0.29) is 0 Å². The van der Waals surface area contributed by atoms with Gasteiger partial charge in [0.1, 0.15) is 19.6 Å². The fraction of sp³-hybridized carbons (Fsp3) is 0.588. The summed E-state index contributed by atoms with van der Waals surface area (Å²) in [7, 11) is 0. The zero-order valence-corrected chi connectivity index (χ0v) is 15.0. The van der Waals surface area contributed by atoms with Crippen molar-refractivity contribution in [3.05, 3.63) is 23.2 Å². The Morgan fingerprint density at radius 2 is 2.23 bits per heavy atom. The van der Waals surface area contributed by atoms with Gasteiger partial charge in [-0.3, -0.25) is 9.89 Å². The van der Waals surface area contributed by atoms with Crippen LogP contribution in [0.4, 0.5) is 5.69 Å². The second-order valence-corrected chi connectivity index (χ2v) is 7.82. The Morgan fingerprint density at radius 3 is 3.05 bits per heavy atom. The molecule has 3 rings (SSSR count). The van der Waals surface area contributed by atoms with Crippen molar-refractivity contribution in [1.29, 1.82) is 0 Å². The summed E-state index contributed by atoms with van der Waals surface area (Å²) in [6.07, 6.45) is 2.52. The van der Waals surface area contributed by atoms with E-state index in [4.69, 9.17) is 11.6 Å². The molecule has 0 unspecified atom stereocenters. The summed E-state index contributed by atoms with van der Waals surface area (Å²) in [5.41, 5.74) is 1.29. The Balaban J connectivity index is 1.90. The van der Waals surface area contributed by atoms with Crippen molar-refractivity contribution in [2.45, 2.75) is 37.6 Å². The Bertz CT molecular complexity index is 571. The molecule has 0 fully saturated rings. The summed E-state index contributed by atoms with van der Waals surface area (Å²) in [6, 6.07) is 6.86. The molecule has 0 amide bonds. The van der Waals surface area contributed by atoms with Gasteiger partial charge in [0.05, 0.1) is 11.7 Å². The number of nitrogens with zero attached hydrogens (tertiary/aromatic N) is 2. The lowest BCUT2D eigenvalue weighted by molar-refractivity contribution is -0.549. The number of benzene rings is 1. The standard InChI is InChI=1S/C17H24ClN3S/c1-13(2)21-9-7-19-17(21)12-20-8-3-4-10-22-16-6-5-14(18)11-15(16)20/h5-6,11,13H,3-4,7-10,12H2,1-2H3/p+1. The molecule has 22 heavy (non-hydrogen) atoms. The van der Waals surface area contributed by atoms with E-state index < -0.39 is 0 Å². The lowest BCUT2D eigenvalue weighted by Crippen LogP contribution is -2.40. The fourth-order valence-electron chi connectivity index (χ4n) is 3.19. The molecule has 0 radical (unpaired) electrons. The Hall–Kier alpha value is -0.870. The first-order chi connectivity index (χ1) is 10.6. The van der Waals surface area contributed by atoms with Crippen LogP contribution in [0.3, 0.4) is 0 Å². The maximum Gasteiger partial charge on any atom is 0.265 e. The number of thioether (sulfide) groups is 1. The van der Waals surface area contributed by atoms with Gasteiger partial charge in [0.15, 0.2) is 0 Å². The van der Waals surface area contributed by atoms with Gasteiger partial charge in [0.2, 0.25) is 0 Å². The molecule has 120 valence electrons. The monoisotopic (exact) mass is 338 g/mol. The quantitative estimate of drug-likeness (QED) is 0.851. The molecule has 2 aliphatic heterocycles. The van der Waals surface area contributed by atoms with E-state index >= 15 is 0 Å². The lowest BCUT2D eigenvalue weighted by Gasteiger charge is -2.28. The number of anilines is 1. The van der Waals surface area contributed by atoms with Gasteiger partial charge in [-0.25, -0.2) is 0 Å². The van der Waals surface area contributed by atoms with Crippen LogP contribution in [0.2, 0.25) is 5.02 Å². The van der Waals surface area contributed by atoms with Gasteiger partial charge in [-0.2, -0.15) is 0 Å². The summed E-state index contributed by atoms with van der Waals surface area (Å²) < 4.78 is 2.48. The predicted molar refractivity (Wildman–Crippen MR) is 96.9 cm³/mol. The molecule has 0 aliphatic carbocycles. The first kappa shape index (κ1) is 16.0. The van der Waals surface area contributed by atoms with Crippen LogP contribution in [0.25, 0.3) is 0 Å². The minimum atomic E-state index is 0.549. The first-order valence-corrected chi connectivity index (χ1v) is 9.55. The minimum Gasteiger partial charge on any atom is -0.359 e. The van der Waals surface area contributed by atoms with Crippen molar-refractivity contribution >= 4 is 34.9 Å². The highest BCUT2D eigenvalue weighted by atomic mass is 35.5. The average molecular weight is 339 g/mol. The molecule has 0 atom stereocenters. The molecular weight excluding hydrogens is 314 g/mol. The number of halogens is 1. The highest BCUT2D eigenvalue weighted by Gasteiger charge is 2.26.